The summed E-state index contributed by atoms with van der Waals surface area (Å²) in [5, 5.41) is 15.3. The van der Waals surface area contributed by atoms with Gasteiger partial charge in [-0.2, -0.15) is 0 Å². The molecular weight excluding hydrogens is 394 g/mol. The standard InChI is InChI=1S/C24H31N3O4/c1-3-4-5-7-22(15-27(31)17-28)24(30)26-16-25-23(29)21-9-6-8-20(14-21)19-12-10-18(2)11-13-19/h6,8-14,17,22,31H,3-5,7,15-16H2,1-2H3,(H,25,29)(H,26,30). The van der Waals surface area contributed by atoms with Crippen molar-refractivity contribution in [2.24, 2.45) is 5.92 Å². The Morgan fingerprint density at radius 3 is 2.48 bits per heavy atom. The zero-order chi connectivity index (χ0) is 22.6. The summed E-state index contributed by atoms with van der Waals surface area (Å²) in [6, 6.07) is 15.3. The lowest BCUT2D eigenvalue weighted by Crippen LogP contribution is -2.43. The van der Waals surface area contributed by atoms with Crippen LogP contribution in [0, 0.1) is 12.8 Å². The van der Waals surface area contributed by atoms with Gasteiger partial charge in [0.2, 0.25) is 12.3 Å². The number of benzene rings is 2. The van der Waals surface area contributed by atoms with Crippen LogP contribution in [-0.4, -0.2) is 41.7 Å². The molecule has 3 amide bonds. The second-order valence-electron chi connectivity index (χ2n) is 7.59. The Morgan fingerprint density at radius 1 is 1.06 bits per heavy atom. The fraction of sp³-hybridized carbons (Fsp3) is 0.375. The van der Waals surface area contributed by atoms with Crippen molar-refractivity contribution in [1.29, 1.82) is 0 Å². The zero-order valence-corrected chi connectivity index (χ0v) is 18.1. The molecule has 2 aromatic rings. The van der Waals surface area contributed by atoms with Crippen LogP contribution in [0.2, 0.25) is 0 Å². The molecular formula is C24H31N3O4. The number of hydroxylamine groups is 2. The topological polar surface area (TPSA) is 98.7 Å². The number of unbranched alkanes of at least 4 members (excludes halogenated alkanes) is 2. The Bertz CT molecular complexity index is 867. The van der Waals surface area contributed by atoms with Crippen LogP contribution in [0.25, 0.3) is 11.1 Å². The molecule has 0 heterocycles. The third kappa shape index (κ3) is 7.86. The molecule has 0 radical (unpaired) electrons. The van der Waals surface area contributed by atoms with Crippen LogP contribution in [-0.2, 0) is 9.59 Å². The smallest absolute Gasteiger partial charge is 0.252 e. The van der Waals surface area contributed by atoms with Crippen LogP contribution in [0.3, 0.4) is 0 Å². The molecule has 1 unspecified atom stereocenters. The Balaban J connectivity index is 1.92. The minimum absolute atomic E-state index is 0.0385. The van der Waals surface area contributed by atoms with E-state index in [1.165, 1.54) is 5.56 Å². The highest BCUT2D eigenvalue weighted by molar-refractivity contribution is 5.95. The first-order valence-electron chi connectivity index (χ1n) is 10.6. The van der Waals surface area contributed by atoms with Gasteiger partial charge in [0.25, 0.3) is 5.91 Å². The molecule has 0 aliphatic carbocycles. The van der Waals surface area contributed by atoms with E-state index in [0.29, 0.717) is 17.0 Å². The van der Waals surface area contributed by atoms with Crippen molar-refractivity contribution in [3.63, 3.8) is 0 Å². The summed E-state index contributed by atoms with van der Waals surface area (Å²) in [6.45, 7) is 3.96. The molecule has 2 rings (SSSR count). The van der Waals surface area contributed by atoms with Crippen molar-refractivity contribution in [1.82, 2.24) is 15.7 Å². The van der Waals surface area contributed by atoms with E-state index < -0.39 is 5.92 Å². The molecule has 7 heteroatoms. The van der Waals surface area contributed by atoms with Gasteiger partial charge in [0.1, 0.15) is 0 Å². The van der Waals surface area contributed by atoms with Gasteiger partial charge in [-0.1, -0.05) is 68.1 Å². The largest absolute Gasteiger partial charge is 0.338 e. The number of aryl methyl sites for hydroxylation is 1. The Labute approximate surface area is 183 Å². The molecule has 0 saturated carbocycles. The van der Waals surface area contributed by atoms with Crippen molar-refractivity contribution in [2.75, 3.05) is 13.2 Å². The quantitative estimate of drug-likeness (QED) is 0.159. The molecule has 166 valence electrons. The summed E-state index contributed by atoms with van der Waals surface area (Å²) in [5.74, 6) is -1.15. The molecule has 7 nitrogen and oxygen atoms in total. The molecule has 2 aromatic carbocycles. The molecule has 0 bridgehead atoms. The number of carbonyl (C=O) groups excluding carboxylic acids is 3. The maximum atomic E-state index is 12.5. The third-order valence-electron chi connectivity index (χ3n) is 5.08. The Morgan fingerprint density at radius 2 is 1.81 bits per heavy atom. The molecule has 0 spiro atoms. The van der Waals surface area contributed by atoms with Crippen molar-refractivity contribution in [2.45, 2.75) is 39.5 Å². The minimum Gasteiger partial charge on any atom is -0.338 e. The summed E-state index contributed by atoms with van der Waals surface area (Å²) in [6.07, 6.45) is 3.62. The second kappa shape index (κ2) is 12.5. The van der Waals surface area contributed by atoms with Crippen molar-refractivity contribution in [3.8, 4) is 11.1 Å². The summed E-state index contributed by atoms with van der Waals surface area (Å²) >= 11 is 0. The van der Waals surface area contributed by atoms with E-state index in [1.54, 1.807) is 6.07 Å². The molecule has 0 aliphatic rings. The normalized spacial score (nSPS) is 11.5. The number of hydrogen-bond acceptors (Lipinski definition) is 4. The van der Waals surface area contributed by atoms with Gasteiger partial charge in [0.05, 0.1) is 19.1 Å². The van der Waals surface area contributed by atoms with E-state index in [-0.39, 0.29) is 31.4 Å². The van der Waals surface area contributed by atoms with E-state index in [0.717, 1.165) is 30.4 Å². The molecule has 0 saturated heterocycles. The van der Waals surface area contributed by atoms with Crippen molar-refractivity contribution >= 4 is 18.2 Å². The SMILES string of the molecule is CCCCCC(CN(O)C=O)C(=O)NCNC(=O)c1cccc(-c2ccc(C)cc2)c1. The van der Waals surface area contributed by atoms with Crippen LogP contribution >= 0.6 is 0 Å². The molecule has 3 N–H and O–H groups in total. The summed E-state index contributed by atoms with van der Waals surface area (Å²) in [4.78, 5) is 35.7. The number of nitrogens with one attached hydrogen (secondary N) is 2. The first kappa shape index (κ1) is 24.1. The zero-order valence-electron chi connectivity index (χ0n) is 18.1. The molecule has 0 aromatic heterocycles. The fourth-order valence-corrected chi connectivity index (χ4v) is 3.26. The van der Waals surface area contributed by atoms with Crippen LogP contribution in [0.4, 0.5) is 0 Å². The van der Waals surface area contributed by atoms with E-state index in [1.807, 2.05) is 49.4 Å². The Kier molecular flexibility index (Phi) is 9.71. The predicted octanol–water partition coefficient (Wildman–Crippen LogP) is 3.51. The van der Waals surface area contributed by atoms with Gasteiger partial charge >= 0.3 is 0 Å². The van der Waals surface area contributed by atoms with Crippen LogP contribution < -0.4 is 10.6 Å². The molecule has 0 fully saturated rings. The molecule has 31 heavy (non-hydrogen) atoms. The highest BCUT2D eigenvalue weighted by Gasteiger charge is 2.20. The van der Waals surface area contributed by atoms with Crippen molar-refractivity contribution in [3.05, 3.63) is 59.7 Å². The summed E-state index contributed by atoms with van der Waals surface area (Å²) in [7, 11) is 0. The second-order valence-corrected chi connectivity index (χ2v) is 7.59. The van der Waals surface area contributed by atoms with Crippen molar-refractivity contribution < 1.29 is 19.6 Å². The van der Waals surface area contributed by atoms with E-state index in [4.69, 9.17) is 0 Å². The molecule has 0 aliphatic heterocycles. The summed E-state index contributed by atoms with van der Waals surface area (Å²) < 4.78 is 0. The monoisotopic (exact) mass is 425 g/mol. The average Bonchev–Trinajstić information content (AvgIpc) is 2.78. The first-order chi connectivity index (χ1) is 14.9. The lowest BCUT2D eigenvalue weighted by molar-refractivity contribution is -0.154. The maximum Gasteiger partial charge on any atom is 0.252 e. The highest BCUT2D eigenvalue weighted by Crippen LogP contribution is 2.21. The Hall–Kier alpha value is -3.19. The number of carbonyl (C=O) groups is 3. The fourth-order valence-electron chi connectivity index (χ4n) is 3.26. The van der Waals surface area contributed by atoms with Crippen LogP contribution in [0.15, 0.2) is 48.5 Å². The summed E-state index contributed by atoms with van der Waals surface area (Å²) in [5.41, 5.74) is 3.62. The number of rotatable bonds is 12. The van der Waals surface area contributed by atoms with Gasteiger partial charge in [-0.05, 0) is 36.6 Å². The third-order valence-corrected chi connectivity index (χ3v) is 5.08. The van der Waals surface area contributed by atoms with Crippen LogP contribution in [0.5, 0.6) is 0 Å². The van der Waals surface area contributed by atoms with Gasteiger partial charge in [-0.25, -0.2) is 5.06 Å². The predicted molar refractivity (Wildman–Crippen MR) is 119 cm³/mol. The highest BCUT2D eigenvalue weighted by atomic mass is 16.5. The average molecular weight is 426 g/mol. The van der Waals surface area contributed by atoms with E-state index >= 15 is 0 Å². The van der Waals surface area contributed by atoms with E-state index in [9.17, 15) is 19.6 Å². The first-order valence-corrected chi connectivity index (χ1v) is 10.6. The molecule has 1 atom stereocenters. The minimum atomic E-state index is -0.538. The van der Waals surface area contributed by atoms with Crippen LogP contribution in [0.1, 0.15) is 48.5 Å². The van der Waals surface area contributed by atoms with E-state index in [2.05, 4.69) is 17.6 Å². The van der Waals surface area contributed by atoms with Gasteiger partial charge in [0, 0.05) is 5.56 Å². The van der Waals surface area contributed by atoms with Gasteiger partial charge in [-0.15, -0.1) is 0 Å². The number of amides is 3. The number of hydrogen-bond donors (Lipinski definition) is 3. The van der Waals surface area contributed by atoms with Gasteiger partial charge in [-0.3, -0.25) is 19.6 Å². The maximum absolute atomic E-state index is 12.5. The lowest BCUT2D eigenvalue weighted by Gasteiger charge is -2.19. The van der Waals surface area contributed by atoms with Gasteiger partial charge in [0.15, 0.2) is 0 Å². The van der Waals surface area contributed by atoms with Gasteiger partial charge < -0.3 is 10.6 Å². The number of nitrogens with zero attached hydrogens (tertiary/aromatic N) is 1. The lowest BCUT2D eigenvalue weighted by atomic mass is 10.0.